The second-order valence-electron chi connectivity index (χ2n) is 9.23. The van der Waals surface area contributed by atoms with Crippen molar-refractivity contribution in [3.8, 4) is 11.1 Å². The molecule has 0 unspecified atom stereocenters. The largest absolute Gasteiger partial charge is 0.385 e. The summed E-state index contributed by atoms with van der Waals surface area (Å²) in [6, 6.07) is 11.0. The highest BCUT2D eigenvalue weighted by Gasteiger charge is 2.43. The molecule has 36 heavy (non-hydrogen) atoms. The third-order valence-corrected chi connectivity index (χ3v) is 8.66. The van der Waals surface area contributed by atoms with Crippen molar-refractivity contribution < 1.29 is 27.5 Å². The minimum Gasteiger partial charge on any atom is -0.385 e. The number of carbonyl (C=O) groups is 1. The normalized spacial score (nSPS) is 14.9. The summed E-state index contributed by atoms with van der Waals surface area (Å²) < 4.78 is 42.5. The number of carbonyl (C=O) groups excluding carboxylic acids is 1. The maximum Gasteiger partial charge on any atom is 0.264 e. The average molecular weight is 520 g/mol. The summed E-state index contributed by atoms with van der Waals surface area (Å²) in [5.74, 6) is -1.24. The number of hydroxylamine groups is 1. The molecule has 8 nitrogen and oxygen atoms in total. The van der Waals surface area contributed by atoms with Gasteiger partial charge in [-0.3, -0.25) is 10.0 Å². The molecule has 0 aliphatic carbocycles. The zero-order valence-electron chi connectivity index (χ0n) is 20.9. The van der Waals surface area contributed by atoms with Crippen LogP contribution in [0, 0.1) is 5.82 Å². The van der Waals surface area contributed by atoms with Crippen LogP contribution in [-0.2, 0) is 32.5 Å². The van der Waals surface area contributed by atoms with Gasteiger partial charge in [0.05, 0.1) is 0 Å². The monoisotopic (exact) mass is 519 g/mol. The van der Waals surface area contributed by atoms with Crippen LogP contribution in [0.15, 0.2) is 42.6 Å². The lowest BCUT2D eigenvalue weighted by Crippen LogP contribution is -2.50. The van der Waals surface area contributed by atoms with Gasteiger partial charge < -0.3 is 15.0 Å². The number of amides is 1. The number of hydrogen-bond donors (Lipinski definition) is 3. The fourth-order valence-electron chi connectivity index (χ4n) is 4.09. The van der Waals surface area contributed by atoms with Gasteiger partial charge in [0.25, 0.3) is 5.91 Å². The van der Waals surface area contributed by atoms with E-state index in [2.05, 4.69) is 5.32 Å². The number of nitrogens with zero attached hydrogens (tertiary/aromatic N) is 1. The maximum atomic E-state index is 14.9. The Morgan fingerprint density at radius 3 is 2.69 bits per heavy atom. The average Bonchev–Trinajstić information content (AvgIpc) is 2.85. The highest BCUT2D eigenvalue weighted by Crippen LogP contribution is 2.30. The van der Waals surface area contributed by atoms with Gasteiger partial charge in [0.2, 0.25) is 0 Å². The van der Waals surface area contributed by atoms with E-state index in [1.54, 1.807) is 19.2 Å². The first-order valence-electron chi connectivity index (χ1n) is 11.8. The molecular formula is C26H34FN3O5S. The second-order valence-corrected chi connectivity index (χ2v) is 11.7. The van der Waals surface area contributed by atoms with Crippen molar-refractivity contribution in [2.24, 2.45) is 0 Å². The molecule has 1 atom stereocenters. The number of methoxy groups -OCH3 is 1. The molecule has 2 aromatic rings. The number of hydrogen-bond acceptors (Lipinski definition) is 7. The highest BCUT2D eigenvalue weighted by molar-refractivity contribution is 7.92. The fraction of sp³-hybridized carbons (Fsp3) is 0.423. The number of rotatable bonds is 12. The zero-order chi connectivity index (χ0) is 26.3. The van der Waals surface area contributed by atoms with Gasteiger partial charge in [0, 0.05) is 45.2 Å². The molecule has 3 N–H and O–H groups in total. The summed E-state index contributed by atoms with van der Waals surface area (Å²) in [7, 11) is -2.09. The van der Waals surface area contributed by atoms with Gasteiger partial charge in [-0.2, -0.15) is 0 Å². The van der Waals surface area contributed by atoms with Crippen molar-refractivity contribution >= 4 is 21.8 Å². The molecule has 1 amide bonds. The Bertz CT molecular complexity index is 1220. The highest BCUT2D eigenvalue weighted by atomic mass is 32.2. The van der Waals surface area contributed by atoms with Gasteiger partial charge in [-0.05, 0) is 73.0 Å². The summed E-state index contributed by atoms with van der Waals surface area (Å²) in [5.41, 5.74) is 5.59. The predicted molar refractivity (Wildman–Crippen MR) is 137 cm³/mol. The molecule has 0 spiro atoms. The van der Waals surface area contributed by atoms with Crippen LogP contribution in [0.3, 0.4) is 0 Å². The Kier molecular flexibility index (Phi) is 9.24. The van der Waals surface area contributed by atoms with Gasteiger partial charge in [-0.25, -0.2) is 18.3 Å². The molecule has 2 aromatic carbocycles. The summed E-state index contributed by atoms with van der Waals surface area (Å²) in [6.45, 7) is 4.19. The first kappa shape index (κ1) is 27.8. The first-order valence-corrected chi connectivity index (χ1v) is 13.7. The van der Waals surface area contributed by atoms with E-state index in [0.29, 0.717) is 31.8 Å². The Morgan fingerprint density at radius 2 is 2.03 bits per heavy atom. The lowest BCUT2D eigenvalue weighted by molar-refractivity contribution is -0.131. The van der Waals surface area contributed by atoms with E-state index < -0.39 is 20.5 Å². The Labute approximate surface area is 212 Å². The van der Waals surface area contributed by atoms with Crippen LogP contribution in [0.1, 0.15) is 36.5 Å². The number of sulfone groups is 1. The summed E-state index contributed by atoms with van der Waals surface area (Å²) in [6.07, 6.45) is 5.61. The van der Waals surface area contributed by atoms with E-state index in [0.717, 1.165) is 41.5 Å². The number of halogens is 1. The third kappa shape index (κ3) is 6.50. The van der Waals surface area contributed by atoms with E-state index in [9.17, 15) is 17.6 Å². The van der Waals surface area contributed by atoms with Gasteiger partial charge in [-0.15, -0.1) is 0 Å². The zero-order valence-corrected chi connectivity index (χ0v) is 21.7. The lowest BCUT2D eigenvalue weighted by atomic mass is 9.96. The number of fused-ring (bicyclic) bond motifs is 1. The Balaban J connectivity index is 1.67. The molecule has 0 bridgehead atoms. The summed E-state index contributed by atoms with van der Waals surface area (Å²) in [4.78, 5) is 14.0. The number of nitrogens with one attached hydrogen (secondary N) is 2. The number of ether oxygens (including phenoxy) is 1. The smallest absolute Gasteiger partial charge is 0.264 e. The van der Waals surface area contributed by atoms with E-state index >= 15 is 0 Å². The number of benzene rings is 2. The summed E-state index contributed by atoms with van der Waals surface area (Å²) in [5, 5.41) is 12.3. The van der Waals surface area contributed by atoms with E-state index in [1.165, 1.54) is 12.4 Å². The molecule has 196 valence electrons. The van der Waals surface area contributed by atoms with Crippen LogP contribution in [0.5, 0.6) is 0 Å². The molecule has 1 aliphatic heterocycles. The minimum atomic E-state index is -3.76. The molecular weight excluding hydrogens is 485 g/mol. The van der Waals surface area contributed by atoms with Crippen molar-refractivity contribution in [2.45, 2.75) is 37.6 Å². The fourth-order valence-corrected chi connectivity index (χ4v) is 4.94. The van der Waals surface area contributed by atoms with Crippen LogP contribution < -0.4 is 10.8 Å². The van der Waals surface area contributed by atoms with E-state index in [1.807, 2.05) is 41.4 Å². The standard InChI is InChI=1S/C26H34FN3O5S/c1-26(25(31)29-32,36(3,33)34)10-13-30-12-9-20-16-21(6-7-22(20)18-30)23-8-5-19(15-24(23)27)17-28-11-4-14-35-2/h5-9,12,15-16,28,32H,4,10-11,13-14,17-18H2,1-3H3,(H,29,31)/t26-/m1/s1. The summed E-state index contributed by atoms with van der Waals surface area (Å²) >= 11 is 0. The van der Waals surface area contributed by atoms with Crippen LogP contribution >= 0.6 is 0 Å². The van der Waals surface area contributed by atoms with Gasteiger partial charge >= 0.3 is 0 Å². The molecule has 0 aromatic heterocycles. The van der Waals surface area contributed by atoms with E-state index in [-0.39, 0.29) is 12.2 Å². The topological polar surface area (TPSA) is 108 Å². The molecule has 0 fully saturated rings. The molecule has 0 radical (unpaired) electrons. The predicted octanol–water partition coefficient (Wildman–Crippen LogP) is 3.10. The van der Waals surface area contributed by atoms with Crippen LogP contribution in [0.2, 0.25) is 0 Å². The van der Waals surface area contributed by atoms with Crippen LogP contribution in [0.4, 0.5) is 4.39 Å². The Hall–Kier alpha value is -2.79. The molecule has 0 saturated heterocycles. The van der Waals surface area contributed by atoms with Crippen LogP contribution in [0.25, 0.3) is 17.2 Å². The van der Waals surface area contributed by atoms with Crippen molar-refractivity contribution in [2.75, 3.05) is 33.1 Å². The molecule has 10 heteroatoms. The molecule has 1 aliphatic rings. The quantitative estimate of drug-likeness (QED) is 0.225. The minimum absolute atomic E-state index is 0.00871. The van der Waals surface area contributed by atoms with Crippen molar-refractivity contribution in [3.63, 3.8) is 0 Å². The molecule has 3 rings (SSSR count). The molecule has 0 saturated carbocycles. The second kappa shape index (κ2) is 12.0. The van der Waals surface area contributed by atoms with Gasteiger partial charge in [0.15, 0.2) is 14.6 Å². The maximum absolute atomic E-state index is 14.9. The third-order valence-electron chi connectivity index (χ3n) is 6.64. The van der Waals surface area contributed by atoms with Gasteiger partial charge in [-0.1, -0.05) is 24.3 Å². The van der Waals surface area contributed by atoms with E-state index in [4.69, 9.17) is 9.94 Å². The van der Waals surface area contributed by atoms with Crippen molar-refractivity contribution in [3.05, 3.63) is 65.1 Å². The molecule has 1 heterocycles. The van der Waals surface area contributed by atoms with Gasteiger partial charge in [0.1, 0.15) is 5.82 Å². The lowest BCUT2D eigenvalue weighted by Gasteiger charge is -2.30. The van der Waals surface area contributed by atoms with Crippen molar-refractivity contribution in [1.82, 2.24) is 15.7 Å². The van der Waals surface area contributed by atoms with Crippen LogP contribution in [-0.4, -0.2) is 62.2 Å². The SMILES string of the molecule is COCCCNCc1ccc(-c2ccc3c(c2)C=CN(CC[C@](C)(C(=O)NO)S(C)(=O)=O)C3)c(F)c1. The Morgan fingerprint density at radius 1 is 1.25 bits per heavy atom. The first-order chi connectivity index (χ1) is 17.1. The van der Waals surface area contributed by atoms with Crippen molar-refractivity contribution in [1.29, 1.82) is 0 Å².